The van der Waals surface area contributed by atoms with Crippen LogP contribution in [0.25, 0.3) is 22.0 Å². The molecule has 6 heteroatoms. The maximum atomic E-state index is 14.0. The fourth-order valence-corrected chi connectivity index (χ4v) is 4.38. The third kappa shape index (κ3) is 4.87. The highest BCUT2D eigenvalue weighted by Crippen LogP contribution is 2.41. The molecule has 0 amide bonds. The van der Waals surface area contributed by atoms with Crippen LogP contribution in [-0.4, -0.2) is 35.9 Å². The number of esters is 2. The Morgan fingerprint density at radius 3 is 1.89 bits per heavy atom. The van der Waals surface area contributed by atoms with Gasteiger partial charge in [-0.1, -0.05) is 78.9 Å². The van der Waals surface area contributed by atoms with E-state index < -0.39 is 23.8 Å². The van der Waals surface area contributed by atoms with Gasteiger partial charge in [0.15, 0.2) is 11.7 Å². The third-order valence-electron chi connectivity index (χ3n) is 5.86. The lowest BCUT2D eigenvalue weighted by Crippen LogP contribution is -2.37. The summed E-state index contributed by atoms with van der Waals surface area (Å²) in [5.41, 5.74) is 3.26. The molecule has 0 saturated carbocycles. The van der Waals surface area contributed by atoms with Crippen molar-refractivity contribution >= 4 is 28.6 Å². The Kier molecular flexibility index (Phi) is 7.41. The molecule has 1 atom stereocenters. The van der Waals surface area contributed by atoms with Crippen LogP contribution in [0, 0.1) is 5.92 Å². The standard InChI is InChI=1S/C29H27NO5/c1-3-34-28(32)25(29(33)35-4-2)24(27(31)20-15-9-6-10-16-20)26-23(19-13-7-5-8-14-19)21-17-11-12-18-22(21)30-26/h5-18,24-25,30H,3-4H2,1-2H3. The Bertz CT molecular complexity index is 1310. The Hall–Kier alpha value is -4.19. The number of aromatic amines is 1. The van der Waals surface area contributed by atoms with E-state index in [0.717, 1.165) is 22.0 Å². The summed E-state index contributed by atoms with van der Waals surface area (Å²) in [6, 6.07) is 25.9. The SMILES string of the molecule is CCOC(=O)C(C(=O)OCC)C(C(=O)c1ccccc1)c1[nH]c2ccccc2c1-c1ccccc1. The number of carbonyl (C=O) groups excluding carboxylic acids is 3. The highest BCUT2D eigenvalue weighted by molar-refractivity contribution is 6.11. The second-order valence-electron chi connectivity index (χ2n) is 8.01. The number of rotatable bonds is 9. The predicted octanol–water partition coefficient (Wildman–Crippen LogP) is 5.54. The van der Waals surface area contributed by atoms with E-state index in [1.165, 1.54) is 0 Å². The molecule has 1 heterocycles. The lowest BCUT2D eigenvalue weighted by molar-refractivity contribution is -0.162. The first-order valence-electron chi connectivity index (χ1n) is 11.6. The second-order valence-corrected chi connectivity index (χ2v) is 8.01. The zero-order valence-corrected chi connectivity index (χ0v) is 19.7. The molecule has 0 saturated heterocycles. The van der Waals surface area contributed by atoms with E-state index in [-0.39, 0.29) is 19.0 Å². The number of H-pyrrole nitrogens is 1. The van der Waals surface area contributed by atoms with Gasteiger partial charge in [-0.2, -0.15) is 0 Å². The molecule has 35 heavy (non-hydrogen) atoms. The Morgan fingerprint density at radius 2 is 1.29 bits per heavy atom. The molecule has 4 aromatic rings. The van der Waals surface area contributed by atoms with E-state index in [1.54, 1.807) is 44.2 Å². The van der Waals surface area contributed by atoms with E-state index in [1.807, 2.05) is 54.6 Å². The van der Waals surface area contributed by atoms with Gasteiger partial charge in [-0.15, -0.1) is 0 Å². The first-order chi connectivity index (χ1) is 17.1. The fourth-order valence-electron chi connectivity index (χ4n) is 4.38. The minimum absolute atomic E-state index is 0.0687. The summed E-state index contributed by atoms with van der Waals surface area (Å²) < 4.78 is 10.5. The maximum Gasteiger partial charge on any atom is 0.321 e. The fraction of sp³-hybridized carbons (Fsp3) is 0.207. The summed E-state index contributed by atoms with van der Waals surface area (Å²) in [6.45, 7) is 3.46. The number of fused-ring (bicyclic) bond motifs is 1. The molecule has 6 nitrogen and oxygen atoms in total. The quantitative estimate of drug-likeness (QED) is 0.198. The van der Waals surface area contributed by atoms with E-state index in [2.05, 4.69) is 4.98 Å². The Morgan fingerprint density at radius 1 is 0.743 bits per heavy atom. The molecule has 0 aliphatic carbocycles. The third-order valence-corrected chi connectivity index (χ3v) is 5.86. The average Bonchev–Trinajstić information content (AvgIpc) is 3.27. The molecule has 0 aliphatic rings. The van der Waals surface area contributed by atoms with Crippen molar-refractivity contribution in [3.63, 3.8) is 0 Å². The van der Waals surface area contributed by atoms with Gasteiger partial charge < -0.3 is 14.5 Å². The second kappa shape index (κ2) is 10.8. The van der Waals surface area contributed by atoms with Crippen molar-refractivity contribution in [3.8, 4) is 11.1 Å². The van der Waals surface area contributed by atoms with Crippen molar-refractivity contribution in [2.24, 2.45) is 5.92 Å². The summed E-state index contributed by atoms with van der Waals surface area (Å²) in [4.78, 5) is 43.7. The van der Waals surface area contributed by atoms with Crippen LogP contribution in [0.2, 0.25) is 0 Å². The van der Waals surface area contributed by atoms with Crippen LogP contribution in [-0.2, 0) is 19.1 Å². The smallest absolute Gasteiger partial charge is 0.321 e. The van der Waals surface area contributed by atoms with Gasteiger partial charge >= 0.3 is 11.9 Å². The van der Waals surface area contributed by atoms with Gasteiger partial charge in [0.05, 0.1) is 19.1 Å². The molecule has 1 N–H and O–H groups in total. The van der Waals surface area contributed by atoms with Gasteiger partial charge in [0.2, 0.25) is 0 Å². The normalized spacial score (nSPS) is 11.9. The Balaban J connectivity index is 2.01. The van der Waals surface area contributed by atoms with Crippen molar-refractivity contribution in [2.75, 3.05) is 13.2 Å². The number of carbonyl (C=O) groups is 3. The van der Waals surface area contributed by atoms with Gasteiger partial charge in [-0.3, -0.25) is 14.4 Å². The average molecular weight is 470 g/mol. The number of ether oxygens (including phenoxy) is 2. The molecule has 0 bridgehead atoms. The molecular weight excluding hydrogens is 442 g/mol. The number of aromatic nitrogens is 1. The molecule has 1 aromatic heterocycles. The van der Waals surface area contributed by atoms with Crippen molar-refractivity contribution in [3.05, 3.63) is 96.2 Å². The number of hydrogen-bond donors (Lipinski definition) is 1. The highest BCUT2D eigenvalue weighted by Gasteiger charge is 2.45. The molecule has 0 radical (unpaired) electrons. The van der Waals surface area contributed by atoms with E-state index in [4.69, 9.17) is 9.47 Å². The number of nitrogens with one attached hydrogen (secondary N) is 1. The van der Waals surface area contributed by atoms with Crippen LogP contribution < -0.4 is 0 Å². The lowest BCUT2D eigenvalue weighted by Gasteiger charge is -2.24. The molecule has 3 aromatic carbocycles. The van der Waals surface area contributed by atoms with Crippen LogP contribution in [0.5, 0.6) is 0 Å². The number of Topliss-reactive ketones (excluding diaryl/α,β-unsaturated/α-hetero) is 1. The lowest BCUT2D eigenvalue weighted by atomic mass is 9.80. The van der Waals surface area contributed by atoms with E-state index >= 15 is 0 Å². The van der Waals surface area contributed by atoms with Crippen molar-refractivity contribution in [2.45, 2.75) is 19.8 Å². The topological polar surface area (TPSA) is 85.5 Å². The van der Waals surface area contributed by atoms with Gasteiger partial charge in [0.1, 0.15) is 0 Å². The van der Waals surface area contributed by atoms with Gasteiger partial charge in [0.25, 0.3) is 0 Å². The van der Waals surface area contributed by atoms with Crippen molar-refractivity contribution in [1.29, 1.82) is 0 Å². The summed E-state index contributed by atoms with van der Waals surface area (Å²) >= 11 is 0. The van der Waals surface area contributed by atoms with Gasteiger partial charge in [0, 0.05) is 27.7 Å². The van der Waals surface area contributed by atoms with Crippen LogP contribution in [0.1, 0.15) is 35.8 Å². The largest absolute Gasteiger partial charge is 0.465 e. The predicted molar refractivity (Wildman–Crippen MR) is 134 cm³/mol. The zero-order valence-electron chi connectivity index (χ0n) is 19.7. The molecule has 4 rings (SSSR count). The molecule has 0 aliphatic heterocycles. The first kappa shape index (κ1) is 24.0. The summed E-state index contributed by atoms with van der Waals surface area (Å²) in [5.74, 6) is -4.62. The molecule has 178 valence electrons. The van der Waals surface area contributed by atoms with E-state index in [0.29, 0.717) is 11.3 Å². The number of para-hydroxylation sites is 1. The van der Waals surface area contributed by atoms with Crippen LogP contribution in [0.3, 0.4) is 0 Å². The first-order valence-corrected chi connectivity index (χ1v) is 11.6. The number of hydrogen-bond acceptors (Lipinski definition) is 5. The number of ketones is 1. The summed E-state index contributed by atoms with van der Waals surface area (Å²) in [5, 5.41) is 0.881. The molecule has 0 fully saturated rings. The van der Waals surface area contributed by atoms with Gasteiger partial charge in [-0.05, 0) is 25.5 Å². The number of benzene rings is 3. The van der Waals surface area contributed by atoms with Crippen LogP contribution in [0.4, 0.5) is 0 Å². The van der Waals surface area contributed by atoms with Crippen molar-refractivity contribution in [1.82, 2.24) is 4.98 Å². The summed E-state index contributed by atoms with van der Waals surface area (Å²) in [7, 11) is 0. The van der Waals surface area contributed by atoms with Crippen molar-refractivity contribution < 1.29 is 23.9 Å². The molecule has 1 unspecified atom stereocenters. The monoisotopic (exact) mass is 469 g/mol. The molecule has 0 spiro atoms. The highest BCUT2D eigenvalue weighted by atomic mass is 16.6. The van der Waals surface area contributed by atoms with Gasteiger partial charge in [-0.25, -0.2) is 0 Å². The maximum absolute atomic E-state index is 14.0. The summed E-state index contributed by atoms with van der Waals surface area (Å²) in [6.07, 6.45) is 0. The van der Waals surface area contributed by atoms with Crippen LogP contribution >= 0.6 is 0 Å². The molecular formula is C29H27NO5. The zero-order chi connectivity index (χ0) is 24.8. The minimum atomic E-state index is -1.47. The Labute approximate surface area is 203 Å². The minimum Gasteiger partial charge on any atom is -0.465 e. The van der Waals surface area contributed by atoms with Crippen LogP contribution in [0.15, 0.2) is 84.9 Å². The van der Waals surface area contributed by atoms with E-state index in [9.17, 15) is 14.4 Å².